The number of halogens is 1. The molecule has 0 aliphatic rings. The Balaban J connectivity index is 2.42. The summed E-state index contributed by atoms with van der Waals surface area (Å²) in [5, 5.41) is 3.32. The molecule has 2 aromatic rings. The van der Waals surface area contributed by atoms with E-state index in [4.69, 9.17) is 0 Å². The highest BCUT2D eigenvalue weighted by atomic mass is 19.1. The van der Waals surface area contributed by atoms with Crippen molar-refractivity contribution < 1.29 is 4.39 Å². The van der Waals surface area contributed by atoms with Crippen molar-refractivity contribution in [3.05, 3.63) is 58.9 Å². The minimum Gasteiger partial charge on any atom is -0.313 e. The molecule has 1 N–H and O–H groups in total. The SMILES string of the molecule is CCNCc1cccc(-c2c(C)cc(F)cc2C)c1. The van der Waals surface area contributed by atoms with Gasteiger partial charge in [0.25, 0.3) is 0 Å². The van der Waals surface area contributed by atoms with E-state index in [9.17, 15) is 4.39 Å². The van der Waals surface area contributed by atoms with E-state index in [1.165, 1.54) is 5.56 Å². The predicted molar refractivity (Wildman–Crippen MR) is 78.7 cm³/mol. The molecule has 2 rings (SSSR count). The van der Waals surface area contributed by atoms with Gasteiger partial charge < -0.3 is 5.32 Å². The monoisotopic (exact) mass is 257 g/mol. The van der Waals surface area contributed by atoms with Crippen LogP contribution in [-0.2, 0) is 6.54 Å². The van der Waals surface area contributed by atoms with Gasteiger partial charge in [0, 0.05) is 6.54 Å². The normalized spacial score (nSPS) is 10.7. The molecule has 100 valence electrons. The third-order valence-electron chi connectivity index (χ3n) is 3.29. The maximum Gasteiger partial charge on any atom is 0.123 e. The summed E-state index contributed by atoms with van der Waals surface area (Å²) in [6, 6.07) is 11.6. The first-order chi connectivity index (χ1) is 9.11. The quantitative estimate of drug-likeness (QED) is 0.864. The van der Waals surface area contributed by atoms with Crippen molar-refractivity contribution in [1.29, 1.82) is 0 Å². The zero-order valence-electron chi connectivity index (χ0n) is 11.8. The molecule has 0 bridgehead atoms. The number of hydrogen-bond donors (Lipinski definition) is 1. The highest BCUT2D eigenvalue weighted by Crippen LogP contribution is 2.28. The van der Waals surface area contributed by atoms with Crippen LogP contribution in [0.1, 0.15) is 23.6 Å². The van der Waals surface area contributed by atoms with Gasteiger partial charge in [0.1, 0.15) is 5.82 Å². The van der Waals surface area contributed by atoms with Crippen LogP contribution in [0.2, 0.25) is 0 Å². The fraction of sp³-hybridized carbons (Fsp3) is 0.294. The molecule has 0 fully saturated rings. The number of rotatable bonds is 4. The molecule has 0 amide bonds. The van der Waals surface area contributed by atoms with Crippen LogP contribution >= 0.6 is 0 Å². The Bertz CT molecular complexity index is 552. The van der Waals surface area contributed by atoms with Crippen LogP contribution in [0.3, 0.4) is 0 Å². The van der Waals surface area contributed by atoms with E-state index in [1.54, 1.807) is 12.1 Å². The lowest BCUT2D eigenvalue weighted by atomic mass is 9.94. The number of benzene rings is 2. The van der Waals surface area contributed by atoms with Gasteiger partial charge >= 0.3 is 0 Å². The van der Waals surface area contributed by atoms with E-state index < -0.39 is 0 Å². The predicted octanol–water partition coefficient (Wildman–Crippen LogP) is 4.22. The molecule has 2 heteroatoms. The molecule has 0 aliphatic carbocycles. The third kappa shape index (κ3) is 3.21. The van der Waals surface area contributed by atoms with Crippen LogP contribution in [0.15, 0.2) is 36.4 Å². The zero-order chi connectivity index (χ0) is 13.8. The molecule has 0 saturated heterocycles. The Kier molecular flexibility index (Phi) is 4.33. The summed E-state index contributed by atoms with van der Waals surface area (Å²) in [5.74, 6) is -0.164. The zero-order valence-corrected chi connectivity index (χ0v) is 11.8. The van der Waals surface area contributed by atoms with Gasteiger partial charge in [-0.1, -0.05) is 25.1 Å². The van der Waals surface area contributed by atoms with E-state index >= 15 is 0 Å². The van der Waals surface area contributed by atoms with Gasteiger partial charge in [-0.15, -0.1) is 0 Å². The topological polar surface area (TPSA) is 12.0 Å². The Morgan fingerprint density at radius 3 is 2.37 bits per heavy atom. The first-order valence-electron chi connectivity index (χ1n) is 6.68. The van der Waals surface area contributed by atoms with Crippen molar-refractivity contribution in [2.45, 2.75) is 27.3 Å². The third-order valence-corrected chi connectivity index (χ3v) is 3.29. The first kappa shape index (κ1) is 13.8. The highest BCUT2D eigenvalue weighted by Gasteiger charge is 2.08. The van der Waals surface area contributed by atoms with Gasteiger partial charge in [-0.2, -0.15) is 0 Å². The van der Waals surface area contributed by atoms with E-state index in [-0.39, 0.29) is 5.82 Å². The van der Waals surface area contributed by atoms with E-state index in [2.05, 4.69) is 36.5 Å². The van der Waals surface area contributed by atoms with Crippen molar-refractivity contribution in [3.8, 4) is 11.1 Å². The van der Waals surface area contributed by atoms with Crippen LogP contribution in [-0.4, -0.2) is 6.54 Å². The lowest BCUT2D eigenvalue weighted by molar-refractivity contribution is 0.625. The first-order valence-corrected chi connectivity index (χ1v) is 6.68. The maximum absolute atomic E-state index is 13.4. The fourth-order valence-corrected chi connectivity index (χ4v) is 2.47. The summed E-state index contributed by atoms with van der Waals surface area (Å²) in [7, 11) is 0. The second-order valence-electron chi connectivity index (χ2n) is 4.90. The van der Waals surface area contributed by atoms with Crippen LogP contribution in [0.25, 0.3) is 11.1 Å². The largest absolute Gasteiger partial charge is 0.313 e. The summed E-state index contributed by atoms with van der Waals surface area (Å²) in [6.07, 6.45) is 0. The average Bonchev–Trinajstić information content (AvgIpc) is 2.35. The molecule has 0 radical (unpaired) electrons. The van der Waals surface area contributed by atoms with Gasteiger partial charge in [0.2, 0.25) is 0 Å². The van der Waals surface area contributed by atoms with Gasteiger partial charge in [-0.05, 0) is 66.4 Å². The minimum atomic E-state index is -0.164. The summed E-state index contributed by atoms with van der Waals surface area (Å²) in [5.41, 5.74) is 5.52. The van der Waals surface area contributed by atoms with Crippen molar-refractivity contribution in [3.63, 3.8) is 0 Å². The van der Waals surface area contributed by atoms with Crippen LogP contribution in [0.4, 0.5) is 4.39 Å². The Morgan fingerprint density at radius 1 is 1.05 bits per heavy atom. The van der Waals surface area contributed by atoms with Gasteiger partial charge in [0.05, 0.1) is 0 Å². The molecular formula is C17H20FN. The van der Waals surface area contributed by atoms with E-state index in [0.717, 1.165) is 35.3 Å². The maximum atomic E-state index is 13.4. The highest BCUT2D eigenvalue weighted by molar-refractivity contribution is 5.71. The summed E-state index contributed by atoms with van der Waals surface area (Å²) >= 11 is 0. The Labute approximate surface area is 114 Å². The van der Waals surface area contributed by atoms with Crippen LogP contribution < -0.4 is 5.32 Å². The van der Waals surface area contributed by atoms with Crippen LogP contribution in [0, 0.1) is 19.7 Å². The van der Waals surface area contributed by atoms with Gasteiger partial charge in [0.15, 0.2) is 0 Å². The van der Waals surface area contributed by atoms with Crippen molar-refractivity contribution >= 4 is 0 Å². The molecule has 0 saturated carbocycles. The second-order valence-corrected chi connectivity index (χ2v) is 4.90. The van der Waals surface area contributed by atoms with E-state index in [0.29, 0.717) is 0 Å². The average molecular weight is 257 g/mol. The summed E-state index contributed by atoms with van der Waals surface area (Å²) < 4.78 is 13.4. The molecule has 0 aromatic heterocycles. The Morgan fingerprint density at radius 2 is 1.74 bits per heavy atom. The number of aryl methyl sites for hydroxylation is 2. The summed E-state index contributed by atoms with van der Waals surface area (Å²) in [6.45, 7) is 7.84. The fourth-order valence-electron chi connectivity index (χ4n) is 2.47. The van der Waals surface area contributed by atoms with Crippen molar-refractivity contribution in [2.75, 3.05) is 6.54 Å². The van der Waals surface area contributed by atoms with Crippen molar-refractivity contribution in [2.24, 2.45) is 0 Å². The number of nitrogens with one attached hydrogen (secondary N) is 1. The molecule has 0 heterocycles. The van der Waals surface area contributed by atoms with E-state index in [1.807, 2.05) is 13.8 Å². The number of hydrogen-bond acceptors (Lipinski definition) is 1. The molecule has 1 nitrogen and oxygen atoms in total. The minimum absolute atomic E-state index is 0.164. The second kappa shape index (κ2) is 5.98. The standard InChI is InChI=1S/C17H20FN/c1-4-19-11-14-6-5-7-15(10-14)17-12(2)8-16(18)9-13(17)3/h5-10,19H,4,11H2,1-3H3. The molecular weight excluding hydrogens is 237 g/mol. The lowest BCUT2D eigenvalue weighted by Gasteiger charge is -2.12. The molecule has 0 unspecified atom stereocenters. The smallest absolute Gasteiger partial charge is 0.123 e. The van der Waals surface area contributed by atoms with Gasteiger partial charge in [-0.3, -0.25) is 0 Å². The molecule has 19 heavy (non-hydrogen) atoms. The lowest BCUT2D eigenvalue weighted by Crippen LogP contribution is -2.11. The molecule has 0 spiro atoms. The van der Waals surface area contributed by atoms with Gasteiger partial charge in [-0.25, -0.2) is 4.39 Å². The van der Waals surface area contributed by atoms with Crippen LogP contribution in [0.5, 0.6) is 0 Å². The molecule has 0 atom stereocenters. The Hall–Kier alpha value is -1.67. The molecule has 0 aliphatic heterocycles. The van der Waals surface area contributed by atoms with Crippen molar-refractivity contribution in [1.82, 2.24) is 5.32 Å². The summed E-state index contributed by atoms with van der Waals surface area (Å²) in [4.78, 5) is 0. The molecule has 2 aromatic carbocycles.